The first-order chi connectivity index (χ1) is 13.5. The number of ether oxygens (including phenoxy) is 1. The van der Waals surface area contributed by atoms with Crippen LogP contribution in [0.1, 0.15) is 64.7 Å². The molecule has 3 rings (SSSR count). The van der Waals surface area contributed by atoms with Gasteiger partial charge in [0.1, 0.15) is 10.6 Å². The standard InChI is InChI=1S/C21H32N2O4S/c1-2-27-19-13-12-18(22-21(24)17-10-6-3-4-7-11-17)16-20(19)28(25,26)23-14-8-5-9-15-23/h12-13,16-17H,2-11,14-15H2,1H3,(H,22,24). The summed E-state index contributed by atoms with van der Waals surface area (Å²) in [5.41, 5.74) is 0.522. The largest absolute Gasteiger partial charge is 0.492 e. The first kappa shape index (κ1) is 21.1. The fourth-order valence-electron chi connectivity index (χ4n) is 4.09. The molecule has 1 N–H and O–H groups in total. The number of amides is 1. The van der Waals surface area contributed by atoms with Gasteiger partial charge in [0, 0.05) is 24.7 Å². The summed E-state index contributed by atoms with van der Waals surface area (Å²) in [4.78, 5) is 12.8. The molecule has 6 nitrogen and oxygen atoms in total. The third-order valence-corrected chi connectivity index (χ3v) is 7.59. The van der Waals surface area contributed by atoms with E-state index in [0.717, 1.165) is 44.9 Å². The van der Waals surface area contributed by atoms with Gasteiger partial charge in [-0.05, 0) is 50.8 Å². The zero-order valence-electron chi connectivity index (χ0n) is 16.8. The van der Waals surface area contributed by atoms with Crippen molar-refractivity contribution < 1.29 is 17.9 Å². The Kier molecular flexibility index (Phi) is 7.35. The highest BCUT2D eigenvalue weighted by atomic mass is 32.2. The number of carbonyl (C=O) groups is 1. The van der Waals surface area contributed by atoms with Crippen LogP contribution in [-0.2, 0) is 14.8 Å². The van der Waals surface area contributed by atoms with E-state index in [1.165, 1.54) is 17.1 Å². The lowest BCUT2D eigenvalue weighted by Crippen LogP contribution is -2.35. The van der Waals surface area contributed by atoms with Crippen LogP contribution in [0, 0.1) is 5.92 Å². The molecule has 1 aromatic carbocycles. The maximum Gasteiger partial charge on any atom is 0.246 e. The topological polar surface area (TPSA) is 75.7 Å². The van der Waals surface area contributed by atoms with Gasteiger partial charge in [0.05, 0.1) is 6.61 Å². The van der Waals surface area contributed by atoms with Crippen molar-refractivity contribution in [2.45, 2.75) is 69.6 Å². The first-order valence-corrected chi connectivity index (χ1v) is 12.0. The maximum atomic E-state index is 13.2. The minimum absolute atomic E-state index is 0.00706. The Morgan fingerprint density at radius 3 is 2.36 bits per heavy atom. The smallest absolute Gasteiger partial charge is 0.246 e. The highest BCUT2D eigenvalue weighted by molar-refractivity contribution is 7.89. The summed E-state index contributed by atoms with van der Waals surface area (Å²) in [6.07, 6.45) is 9.15. The number of rotatable bonds is 6. The van der Waals surface area contributed by atoms with Crippen molar-refractivity contribution >= 4 is 21.6 Å². The van der Waals surface area contributed by atoms with Crippen LogP contribution in [0.2, 0.25) is 0 Å². The molecule has 0 radical (unpaired) electrons. The minimum atomic E-state index is -3.65. The number of carbonyl (C=O) groups excluding carboxylic acids is 1. The lowest BCUT2D eigenvalue weighted by Gasteiger charge is -2.27. The van der Waals surface area contributed by atoms with Crippen LogP contribution < -0.4 is 10.1 Å². The number of sulfonamides is 1. The van der Waals surface area contributed by atoms with Crippen LogP contribution in [0.25, 0.3) is 0 Å². The van der Waals surface area contributed by atoms with Crippen molar-refractivity contribution in [1.82, 2.24) is 4.31 Å². The van der Waals surface area contributed by atoms with E-state index < -0.39 is 10.0 Å². The Hall–Kier alpha value is -1.60. The Bertz CT molecular complexity index is 765. The molecule has 0 unspecified atom stereocenters. The second-order valence-electron chi connectivity index (χ2n) is 7.74. The van der Waals surface area contributed by atoms with Gasteiger partial charge in [-0.15, -0.1) is 0 Å². The number of piperidine rings is 1. The van der Waals surface area contributed by atoms with Gasteiger partial charge >= 0.3 is 0 Å². The summed E-state index contributed by atoms with van der Waals surface area (Å²) in [6, 6.07) is 4.95. The Balaban J connectivity index is 1.83. The van der Waals surface area contributed by atoms with E-state index in [0.29, 0.717) is 31.1 Å². The molecular weight excluding hydrogens is 376 g/mol. The normalized spacial score (nSPS) is 19.8. The molecule has 0 bridgehead atoms. The van der Waals surface area contributed by atoms with Crippen molar-refractivity contribution in [3.05, 3.63) is 18.2 Å². The number of benzene rings is 1. The van der Waals surface area contributed by atoms with Gasteiger partial charge in [0.15, 0.2) is 0 Å². The molecule has 0 aromatic heterocycles. The predicted molar refractivity (Wildman–Crippen MR) is 110 cm³/mol. The average molecular weight is 409 g/mol. The van der Waals surface area contributed by atoms with Crippen molar-refractivity contribution in [2.24, 2.45) is 5.92 Å². The molecule has 2 aliphatic rings. The molecule has 1 amide bonds. The molecule has 1 aliphatic heterocycles. The molecule has 1 aliphatic carbocycles. The average Bonchev–Trinajstić information content (AvgIpc) is 2.99. The molecule has 28 heavy (non-hydrogen) atoms. The summed E-state index contributed by atoms with van der Waals surface area (Å²) < 4.78 is 33.5. The molecule has 0 spiro atoms. The monoisotopic (exact) mass is 408 g/mol. The van der Waals surface area contributed by atoms with Gasteiger partial charge in [-0.3, -0.25) is 4.79 Å². The van der Waals surface area contributed by atoms with Gasteiger partial charge in [-0.1, -0.05) is 32.1 Å². The van der Waals surface area contributed by atoms with Crippen molar-refractivity contribution in [3.63, 3.8) is 0 Å². The molecule has 156 valence electrons. The zero-order valence-corrected chi connectivity index (χ0v) is 17.6. The predicted octanol–water partition coefficient (Wildman–Crippen LogP) is 4.17. The SMILES string of the molecule is CCOc1ccc(NC(=O)C2CCCCCC2)cc1S(=O)(=O)N1CCCCC1. The van der Waals surface area contributed by atoms with E-state index in [1.54, 1.807) is 18.2 Å². The molecule has 1 saturated carbocycles. The third-order valence-electron chi connectivity index (χ3n) is 5.67. The molecule has 1 aromatic rings. The van der Waals surface area contributed by atoms with Crippen LogP contribution in [0.3, 0.4) is 0 Å². The number of nitrogens with one attached hydrogen (secondary N) is 1. The Morgan fingerprint density at radius 1 is 1.07 bits per heavy atom. The van der Waals surface area contributed by atoms with Crippen LogP contribution in [0.15, 0.2) is 23.1 Å². The second-order valence-corrected chi connectivity index (χ2v) is 9.64. The van der Waals surface area contributed by atoms with E-state index >= 15 is 0 Å². The number of nitrogens with zero attached hydrogens (tertiary/aromatic N) is 1. The fourth-order valence-corrected chi connectivity index (χ4v) is 5.77. The molecule has 7 heteroatoms. The number of hydrogen-bond acceptors (Lipinski definition) is 4. The number of hydrogen-bond donors (Lipinski definition) is 1. The fraction of sp³-hybridized carbons (Fsp3) is 0.667. The molecule has 1 heterocycles. The third kappa shape index (κ3) is 5.06. The van der Waals surface area contributed by atoms with E-state index in [-0.39, 0.29) is 16.7 Å². The van der Waals surface area contributed by atoms with E-state index in [1.807, 2.05) is 6.92 Å². The number of anilines is 1. The first-order valence-electron chi connectivity index (χ1n) is 10.6. The lowest BCUT2D eigenvalue weighted by molar-refractivity contribution is -0.120. The van der Waals surface area contributed by atoms with Crippen LogP contribution >= 0.6 is 0 Å². The highest BCUT2D eigenvalue weighted by Crippen LogP contribution is 2.32. The summed E-state index contributed by atoms with van der Waals surface area (Å²) in [6.45, 7) is 3.29. The van der Waals surface area contributed by atoms with E-state index in [9.17, 15) is 13.2 Å². The molecule has 1 saturated heterocycles. The summed E-state index contributed by atoms with van der Waals surface area (Å²) in [5.74, 6) is 0.351. The van der Waals surface area contributed by atoms with Gasteiger partial charge in [0.2, 0.25) is 15.9 Å². The molecular formula is C21H32N2O4S. The van der Waals surface area contributed by atoms with Gasteiger partial charge in [-0.25, -0.2) is 8.42 Å². The summed E-state index contributed by atoms with van der Waals surface area (Å²) in [5, 5.41) is 2.95. The van der Waals surface area contributed by atoms with Crippen LogP contribution in [0.4, 0.5) is 5.69 Å². The summed E-state index contributed by atoms with van der Waals surface area (Å²) >= 11 is 0. The maximum absolute atomic E-state index is 13.2. The van der Waals surface area contributed by atoms with Crippen LogP contribution in [0.5, 0.6) is 5.75 Å². The van der Waals surface area contributed by atoms with E-state index in [4.69, 9.17) is 4.74 Å². The minimum Gasteiger partial charge on any atom is -0.492 e. The van der Waals surface area contributed by atoms with E-state index in [2.05, 4.69) is 5.32 Å². The van der Waals surface area contributed by atoms with Gasteiger partial charge in [0.25, 0.3) is 0 Å². The summed E-state index contributed by atoms with van der Waals surface area (Å²) in [7, 11) is -3.65. The Morgan fingerprint density at radius 2 is 1.71 bits per heavy atom. The molecule has 2 fully saturated rings. The van der Waals surface area contributed by atoms with Gasteiger partial charge < -0.3 is 10.1 Å². The van der Waals surface area contributed by atoms with Crippen LogP contribution in [-0.4, -0.2) is 38.3 Å². The van der Waals surface area contributed by atoms with Crippen molar-refractivity contribution in [3.8, 4) is 5.75 Å². The second kappa shape index (κ2) is 9.74. The van der Waals surface area contributed by atoms with Gasteiger partial charge in [-0.2, -0.15) is 4.31 Å². The highest BCUT2D eigenvalue weighted by Gasteiger charge is 2.30. The van der Waals surface area contributed by atoms with Crippen molar-refractivity contribution in [1.29, 1.82) is 0 Å². The van der Waals surface area contributed by atoms with Crippen molar-refractivity contribution in [2.75, 3.05) is 25.0 Å². The quantitative estimate of drug-likeness (QED) is 0.717. The Labute approximate surface area is 168 Å². The lowest BCUT2D eigenvalue weighted by atomic mass is 9.99. The zero-order chi connectivity index (χ0) is 20.0. The molecule has 0 atom stereocenters.